The summed E-state index contributed by atoms with van der Waals surface area (Å²) in [6, 6.07) is 3.41. The van der Waals surface area contributed by atoms with Gasteiger partial charge in [0.1, 0.15) is 0 Å². The van der Waals surface area contributed by atoms with Crippen LogP contribution in [0.25, 0.3) is 0 Å². The van der Waals surface area contributed by atoms with E-state index in [1.54, 1.807) is 0 Å². The van der Waals surface area contributed by atoms with Crippen LogP contribution in [0.2, 0.25) is 0 Å². The first-order valence-electron chi connectivity index (χ1n) is 6.18. The van der Waals surface area contributed by atoms with E-state index < -0.39 is 0 Å². The maximum Gasteiger partial charge on any atom is 2.00 e. The largest absolute Gasteiger partial charge is 2.00 e. The zero-order valence-electron chi connectivity index (χ0n) is 10.5. The third-order valence-electron chi connectivity index (χ3n) is 2.78. The van der Waals surface area contributed by atoms with Gasteiger partial charge < -0.3 is 10.2 Å². The van der Waals surface area contributed by atoms with E-state index in [1.807, 2.05) is 6.07 Å². The SMILES string of the molecule is CCCCCc1cc(CCC)cc([O-])c1[O-].[Ni+2]. The van der Waals surface area contributed by atoms with E-state index in [0.29, 0.717) is 5.56 Å². The van der Waals surface area contributed by atoms with Crippen molar-refractivity contribution >= 4 is 0 Å². The van der Waals surface area contributed by atoms with Crippen molar-refractivity contribution in [2.24, 2.45) is 0 Å². The Balaban J connectivity index is 0.00000256. The molecule has 0 saturated carbocycles. The average molecular weight is 279 g/mol. The van der Waals surface area contributed by atoms with Gasteiger partial charge in [-0.15, -0.1) is 11.5 Å². The normalized spacial score (nSPS) is 10.0. The fourth-order valence-corrected chi connectivity index (χ4v) is 1.91. The monoisotopic (exact) mass is 278 g/mol. The molecule has 0 aliphatic rings. The molecule has 0 unspecified atom stereocenters. The van der Waals surface area contributed by atoms with Gasteiger partial charge in [0.15, 0.2) is 0 Å². The minimum atomic E-state index is -0.336. The van der Waals surface area contributed by atoms with Crippen molar-refractivity contribution in [2.45, 2.75) is 52.4 Å². The molecule has 0 amide bonds. The van der Waals surface area contributed by atoms with Gasteiger partial charge in [-0.3, -0.25) is 0 Å². The molecule has 17 heavy (non-hydrogen) atoms. The second-order valence-electron chi connectivity index (χ2n) is 4.29. The number of rotatable bonds is 6. The molecule has 0 heterocycles. The van der Waals surface area contributed by atoms with Gasteiger partial charge in [0.25, 0.3) is 0 Å². The summed E-state index contributed by atoms with van der Waals surface area (Å²) >= 11 is 0. The smallest absolute Gasteiger partial charge is 0.873 e. The Labute approximate surface area is 114 Å². The molecule has 0 aliphatic carbocycles. The molecule has 0 atom stereocenters. The first-order chi connectivity index (χ1) is 7.69. The molecule has 0 spiro atoms. The Morgan fingerprint density at radius 1 is 0.941 bits per heavy atom. The topological polar surface area (TPSA) is 46.1 Å². The van der Waals surface area contributed by atoms with E-state index in [-0.39, 0.29) is 28.0 Å². The van der Waals surface area contributed by atoms with Gasteiger partial charge in [0.05, 0.1) is 0 Å². The summed E-state index contributed by atoms with van der Waals surface area (Å²) in [7, 11) is 0. The van der Waals surface area contributed by atoms with Crippen LogP contribution in [0.1, 0.15) is 50.7 Å². The Morgan fingerprint density at radius 2 is 1.65 bits per heavy atom. The Bertz CT molecular complexity index is 337. The van der Waals surface area contributed by atoms with Crippen LogP contribution in [0, 0.1) is 0 Å². The number of benzene rings is 1. The van der Waals surface area contributed by atoms with Gasteiger partial charge in [-0.05, 0) is 24.8 Å². The van der Waals surface area contributed by atoms with E-state index in [2.05, 4.69) is 13.8 Å². The molecule has 1 rings (SSSR count). The molecule has 1 aromatic rings. The molecule has 1 aromatic carbocycles. The number of unbranched alkanes of at least 4 members (excludes halogenated alkanes) is 2. The standard InChI is InChI=1S/C14H22O2.Ni/c1-3-5-6-8-12-9-11(7-4-2)10-13(15)14(12)16;/h9-10,15-16H,3-8H2,1-2H3;/q;+2/p-2. The minimum Gasteiger partial charge on any atom is -0.873 e. The molecule has 0 N–H and O–H groups in total. The Morgan fingerprint density at radius 3 is 2.24 bits per heavy atom. The van der Waals surface area contributed by atoms with Crippen molar-refractivity contribution in [3.8, 4) is 11.5 Å². The van der Waals surface area contributed by atoms with E-state index in [4.69, 9.17) is 0 Å². The summed E-state index contributed by atoms with van der Waals surface area (Å²) in [4.78, 5) is 0. The van der Waals surface area contributed by atoms with Crippen LogP contribution in [-0.4, -0.2) is 0 Å². The minimum absolute atomic E-state index is 0. The molecule has 0 bridgehead atoms. The molecule has 2 nitrogen and oxygen atoms in total. The molecule has 98 valence electrons. The second kappa shape index (κ2) is 8.41. The Hall–Kier alpha value is -0.686. The van der Waals surface area contributed by atoms with Crippen LogP contribution in [0.3, 0.4) is 0 Å². The molecule has 0 fully saturated rings. The molecule has 3 heteroatoms. The maximum atomic E-state index is 11.6. The maximum absolute atomic E-state index is 11.6. The summed E-state index contributed by atoms with van der Waals surface area (Å²) in [5.41, 5.74) is 1.72. The third-order valence-corrected chi connectivity index (χ3v) is 2.78. The fraction of sp³-hybridized carbons (Fsp3) is 0.571. The van der Waals surface area contributed by atoms with Crippen molar-refractivity contribution in [3.05, 3.63) is 23.3 Å². The summed E-state index contributed by atoms with van der Waals surface area (Å²) in [6.45, 7) is 4.21. The third kappa shape index (κ3) is 4.99. The predicted molar refractivity (Wildman–Crippen MR) is 62.6 cm³/mol. The van der Waals surface area contributed by atoms with E-state index in [1.165, 1.54) is 6.07 Å². The van der Waals surface area contributed by atoms with Gasteiger partial charge >= 0.3 is 16.5 Å². The van der Waals surface area contributed by atoms with E-state index in [0.717, 1.165) is 44.1 Å². The van der Waals surface area contributed by atoms with Crippen LogP contribution in [0.5, 0.6) is 11.5 Å². The summed E-state index contributed by atoms with van der Waals surface area (Å²) in [6.07, 6.45) is 5.89. The number of aryl methyl sites for hydroxylation is 2. The number of hydrogen-bond acceptors (Lipinski definition) is 2. The van der Waals surface area contributed by atoms with Crippen LogP contribution < -0.4 is 10.2 Å². The van der Waals surface area contributed by atoms with Gasteiger partial charge in [0, 0.05) is 0 Å². The molecule has 0 radical (unpaired) electrons. The molecule has 0 aromatic heterocycles. The molecule has 0 aliphatic heterocycles. The van der Waals surface area contributed by atoms with E-state index >= 15 is 0 Å². The molecular formula is C14H20NiO2. The first-order valence-corrected chi connectivity index (χ1v) is 6.18. The zero-order valence-corrected chi connectivity index (χ0v) is 11.5. The quantitative estimate of drug-likeness (QED) is 0.593. The predicted octanol–water partition coefficient (Wildman–Crippen LogP) is 2.52. The average Bonchev–Trinajstić information content (AvgIpc) is 2.25. The van der Waals surface area contributed by atoms with Crippen LogP contribution in [-0.2, 0) is 29.3 Å². The van der Waals surface area contributed by atoms with Crippen molar-refractivity contribution in [2.75, 3.05) is 0 Å². The number of hydrogen-bond donors (Lipinski definition) is 0. The van der Waals surface area contributed by atoms with Crippen molar-refractivity contribution < 1.29 is 26.7 Å². The van der Waals surface area contributed by atoms with Crippen molar-refractivity contribution in [1.29, 1.82) is 0 Å². The second-order valence-corrected chi connectivity index (χ2v) is 4.29. The van der Waals surface area contributed by atoms with Crippen LogP contribution >= 0.6 is 0 Å². The van der Waals surface area contributed by atoms with Crippen molar-refractivity contribution in [1.82, 2.24) is 0 Å². The summed E-state index contributed by atoms with van der Waals surface area (Å²) < 4.78 is 0. The van der Waals surface area contributed by atoms with Crippen LogP contribution in [0.15, 0.2) is 12.1 Å². The zero-order chi connectivity index (χ0) is 12.0. The van der Waals surface area contributed by atoms with Gasteiger partial charge in [-0.2, -0.15) is 0 Å². The summed E-state index contributed by atoms with van der Waals surface area (Å²) in [5.74, 6) is -0.631. The van der Waals surface area contributed by atoms with Crippen LogP contribution in [0.4, 0.5) is 0 Å². The van der Waals surface area contributed by atoms with Gasteiger partial charge in [-0.1, -0.05) is 50.8 Å². The molecular weight excluding hydrogens is 259 g/mol. The van der Waals surface area contributed by atoms with Crippen molar-refractivity contribution in [3.63, 3.8) is 0 Å². The van der Waals surface area contributed by atoms with E-state index in [9.17, 15) is 10.2 Å². The first kappa shape index (κ1) is 16.3. The molecule has 0 saturated heterocycles. The fourth-order valence-electron chi connectivity index (χ4n) is 1.91. The Kier molecular flexibility index (Phi) is 8.07. The van der Waals surface area contributed by atoms with Gasteiger partial charge in [0.2, 0.25) is 0 Å². The summed E-state index contributed by atoms with van der Waals surface area (Å²) in [5, 5.41) is 23.1. The van der Waals surface area contributed by atoms with Gasteiger partial charge in [-0.25, -0.2) is 0 Å².